The number of amides is 1. The molecule has 3 rings (SSSR count). The van der Waals surface area contributed by atoms with Gasteiger partial charge in [0, 0.05) is 45.9 Å². The highest BCUT2D eigenvalue weighted by molar-refractivity contribution is 5.75. The minimum atomic E-state index is -0.0803. The lowest BCUT2D eigenvalue weighted by Crippen LogP contribution is -2.37. The molecule has 2 aromatic carbocycles. The van der Waals surface area contributed by atoms with Gasteiger partial charge in [-0.05, 0) is 68.2 Å². The third kappa shape index (κ3) is 6.59. The van der Waals surface area contributed by atoms with E-state index in [0.717, 1.165) is 32.4 Å². The van der Waals surface area contributed by atoms with Crippen molar-refractivity contribution >= 4 is 11.6 Å². The Morgan fingerprint density at radius 2 is 1.78 bits per heavy atom. The zero-order chi connectivity index (χ0) is 23.1. The maximum absolute atomic E-state index is 12.8. The fourth-order valence-corrected chi connectivity index (χ4v) is 4.93. The van der Waals surface area contributed by atoms with E-state index in [1.165, 1.54) is 16.8 Å². The van der Waals surface area contributed by atoms with Crippen LogP contribution < -0.4 is 4.90 Å². The predicted molar refractivity (Wildman–Crippen MR) is 133 cm³/mol. The topological polar surface area (TPSA) is 32.8 Å². The van der Waals surface area contributed by atoms with E-state index in [1.54, 1.807) is 0 Å². The molecule has 1 fully saturated rings. The minimum absolute atomic E-state index is 0.0803. The normalized spacial score (nSPS) is 18.7. The first-order valence-corrected chi connectivity index (χ1v) is 12.0. The zero-order valence-electron chi connectivity index (χ0n) is 20.5. The van der Waals surface area contributed by atoms with Crippen LogP contribution in [-0.4, -0.2) is 43.7 Å². The van der Waals surface area contributed by atoms with E-state index in [-0.39, 0.29) is 11.5 Å². The molecule has 1 aliphatic heterocycles. The number of carbonyl (C=O) groups excluding carboxylic acids is 1. The molecule has 174 valence electrons. The Labute approximate surface area is 194 Å². The molecular weight excluding hydrogens is 396 g/mol. The standard InChI is InChI=1S/C28H40N2O2/c1-6-27(31)30(21-22-12-14-25(15-13-22)29(4)5)18-16-26(23-10-8-7-9-11-23)24-17-19-32-28(2,3)20-24/h7-15,24,26H,6,16-21H2,1-5H3/t24-,26-/m0/s1. The Balaban J connectivity index is 1.75. The van der Waals surface area contributed by atoms with Crippen molar-refractivity contribution < 1.29 is 9.53 Å². The summed E-state index contributed by atoms with van der Waals surface area (Å²) in [4.78, 5) is 17.0. The van der Waals surface area contributed by atoms with Gasteiger partial charge in [-0.1, -0.05) is 49.4 Å². The summed E-state index contributed by atoms with van der Waals surface area (Å²) in [5.74, 6) is 1.22. The van der Waals surface area contributed by atoms with Gasteiger partial charge in [-0.25, -0.2) is 0 Å². The van der Waals surface area contributed by atoms with Crippen LogP contribution in [0, 0.1) is 5.92 Å². The van der Waals surface area contributed by atoms with Gasteiger partial charge in [0.1, 0.15) is 0 Å². The molecule has 0 aromatic heterocycles. The summed E-state index contributed by atoms with van der Waals surface area (Å²) in [7, 11) is 4.09. The van der Waals surface area contributed by atoms with Gasteiger partial charge in [-0.3, -0.25) is 4.79 Å². The van der Waals surface area contributed by atoms with Gasteiger partial charge in [0.25, 0.3) is 0 Å². The van der Waals surface area contributed by atoms with Gasteiger partial charge in [0.2, 0.25) is 5.91 Å². The zero-order valence-corrected chi connectivity index (χ0v) is 20.5. The summed E-state index contributed by atoms with van der Waals surface area (Å²) in [5, 5.41) is 0. The molecular formula is C28H40N2O2. The highest BCUT2D eigenvalue weighted by atomic mass is 16.5. The van der Waals surface area contributed by atoms with Crippen molar-refractivity contribution in [3.8, 4) is 0 Å². The second kappa shape index (κ2) is 11.0. The number of nitrogens with zero attached hydrogens (tertiary/aromatic N) is 2. The monoisotopic (exact) mass is 436 g/mol. The second-order valence-corrected chi connectivity index (χ2v) is 9.90. The Bertz CT molecular complexity index is 845. The molecule has 0 saturated carbocycles. The van der Waals surface area contributed by atoms with E-state index in [2.05, 4.69) is 73.3 Å². The van der Waals surface area contributed by atoms with Crippen LogP contribution in [0.25, 0.3) is 0 Å². The van der Waals surface area contributed by atoms with E-state index < -0.39 is 0 Å². The quantitative estimate of drug-likeness (QED) is 0.493. The van der Waals surface area contributed by atoms with Crippen molar-refractivity contribution in [1.29, 1.82) is 0 Å². The fourth-order valence-electron chi connectivity index (χ4n) is 4.93. The van der Waals surface area contributed by atoms with Crippen molar-refractivity contribution in [2.24, 2.45) is 5.92 Å². The van der Waals surface area contributed by atoms with Gasteiger partial charge in [0.15, 0.2) is 0 Å². The van der Waals surface area contributed by atoms with Gasteiger partial charge in [-0.2, -0.15) is 0 Å². The molecule has 0 aliphatic carbocycles. The van der Waals surface area contributed by atoms with Crippen LogP contribution in [0.4, 0.5) is 5.69 Å². The molecule has 0 unspecified atom stereocenters. The Kier molecular flexibility index (Phi) is 8.36. The molecule has 0 spiro atoms. The van der Waals surface area contributed by atoms with Crippen LogP contribution in [0.1, 0.15) is 63.5 Å². The maximum Gasteiger partial charge on any atom is 0.222 e. The minimum Gasteiger partial charge on any atom is -0.378 e. The van der Waals surface area contributed by atoms with E-state index in [4.69, 9.17) is 4.74 Å². The van der Waals surface area contributed by atoms with Crippen molar-refractivity contribution in [2.45, 2.75) is 64.5 Å². The summed E-state index contributed by atoms with van der Waals surface area (Å²) in [6, 6.07) is 19.4. The summed E-state index contributed by atoms with van der Waals surface area (Å²) in [5.41, 5.74) is 3.66. The summed E-state index contributed by atoms with van der Waals surface area (Å²) in [6.45, 7) is 8.62. The number of hydrogen-bond donors (Lipinski definition) is 0. The fraction of sp³-hybridized carbons (Fsp3) is 0.536. The van der Waals surface area contributed by atoms with Crippen LogP contribution in [0.15, 0.2) is 54.6 Å². The van der Waals surface area contributed by atoms with E-state index >= 15 is 0 Å². The van der Waals surface area contributed by atoms with Gasteiger partial charge in [0.05, 0.1) is 5.60 Å². The van der Waals surface area contributed by atoms with Crippen LogP contribution in [0.5, 0.6) is 0 Å². The highest BCUT2D eigenvalue weighted by Crippen LogP contribution is 2.40. The molecule has 0 bridgehead atoms. The number of anilines is 1. The first-order valence-electron chi connectivity index (χ1n) is 12.0. The molecule has 1 saturated heterocycles. The molecule has 1 heterocycles. The highest BCUT2D eigenvalue weighted by Gasteiger charge is 2.34. The Morgan fingerprint density at radius 1 is 1.09 bits per heavy atom. The van der Waals surface area contributed by atoms with Crippen molar-refractivity contribution in [3.63, 3.8) is 0 Å². The molecule has 1 amide bonds. The number of rotatable bonds is 9. The lowest BCUT2D eigenvalue weighted by atomic mass is 9.75. The van der Waals surface area contributed by atoms with Gasteiger partial charge >= 0.3 is 0 Å². The predicted octanol–water partition coefficient (Wildman–Crippen LogP) is 5.87. The molecule has 32 heavy (non-hydrogen) atoms. The Hall–Kier alpha value is -2.33. The summed E-state index contributed by atoms with van der Waals surface area (Å²) < 4.78 is 6.00. The molecule has 2 atom stereocenters. The summed E-state index contributed by atoms with van der Waals surface area (Å²) >= 11 is 0. The van der Waals surface area contributed by atoms with E-state index in [0.29, 0.717) is 24.8 Å². The van der Waals surface area contributed by atoms with Crippen molar-refractivity contribution in [3.05, 3.63) is 65.7 Å². The number of benzene rings is 2. The molecule has 0 radical (unpaired) electrons. The van der Waals surface area contributed by atoms with Crippen molar-refractivity contribution in [1.82, 2.24) is 4.90 Å². The molecule has 1 aliphatic rings. The van der Waals surface area contributed by atoms with Gasteiger partial charge in [-0.15, -0.1) is 0 Å². The average molecular weight is 437 g/mol. The first kappa shape index (κ1) is 24.3. The lowest BCUT2D eigenvalue weighted by molar-refractivity contribution is -0.131. The van der Waals surface area contributed by atoms with Crippen LogP contribution in [0.3, 0.4) is 0 Å². The van der Waals surface area contributed by atoms with Crippen LogP contribution in [0.2, 0.25) is 0 Å². The molecule has 4 nitrogen and oxygen atoms in total. The first-order chi connectivity index (χ1) is 15.3. The number of ether oxygens (including phenoxy) is 1. The maximum atomic E-state index is 12.8. The number of carbonyl (C=O) groups is 1. The third-order valence-electron chi connectivity index (χ3n) is 6.72. The lowest BCUT2D eigenvalue weighted by Gasteiger charge is -2.40. The SMILES string of the molecule is CCC(=O)N(CC[C@@H](c1ccccc1)[C@H]1CCOC(C)(C)C1)Cc1ccc(N(C)C)cc1. The molecule has 0 N–H and O–H groups in total. The third-order valence-corrected chi connectivity index (χ3v) is 6.72. The second-order valence-electron chi connectivity index (χ2n) is 9.90. The average Bonchev–Trinajstić information content (AvgIpc) is 2.78. The number of hydrogen-bond acceptors (Lipinski definition) is 3. The van der Waals surface area contributed by atoms with Crippen LogP contribution >= 0.6 is 0 Å². The summed E-state index contributed by atoms with van der Waals surface area (Å²) in [6.07, 6.45) is 3.65. The molecule has 4 heteroatoms. The smallest absolute Gasteiger partial charge is 0.222 e. The largest absolute Gasteiger partial charge is 0.378 e. The van der Waals surface area contributed by atoms with E-state index in [1.807, 2.05) is 25.9 Å². The molecule has 2 aromatic rings. The van der Waals surface area contributed by atoms with Crippen LogP contribution in [-0.2, 0) is 16.1 Å². The van der Waals surface area contributed by atoms with E-state index in [9.17, 15) is 4.79 Å². The van der Waals surface area contributed by atoms with Crippen molar-refractivity contribution in [2.75, 3.05) is 32.1 Å². The van der Waals surface area contributed by atoms with Gasteiger partial charge < -0.3 is 14.5 Å². The Morgan fingerprint density at radius 3 is 2.38 bits per heavy atom.